The molecule has 0 aromatic carbocycles. The van der Waals surface area contributed by atoms with Crippen molar-refractivity contribution in [1.29, 1.82) is 0 Å². The predicted octanol–water partition coefficient (Wildman–Crippen LogP) is -4.12. The van der Waals surface area contributed by atoms with Crippen molar-refractivity contribution in [3.63, 3.8) is 0 Å². The van der Waals surface area contributed by atoms with E-state index >= 15 is 0 Å². The third-order valence-electron chi connectivity index (χ3n) is 0.552. The number of hydrogen-bond donors (Lipinski definition) is 1. The number of nitrogens with one attached hydrogen (secondary N) is 1. The average molecular weight is 133 g/mol. The molecule has 0 atom stereocenters. The Hall–Kier alpha value is -0.900. The molecule has 5 heteroatoms. The highest BCUT2D eigenvalue weighted by molar-refractivity contribution is 5.20. The highest BCUT2D eigenvalue weighted by Gasteiger charge is 1.86. The van der Waals surface area contributed by atoms with E-state index in [2.05, 4.69) is 15.4 Å². The van der Waals surface area contributed by atoms with Gasteiger partial charge in [-0.3, -0.25) is 0 Å². The number of hydrogen-bond acceptors (Lipinski definition) is 3. The van der Waals surface area contributed by atoms with Gasteiger partial charge < -0.3 is 18.1 Å². The van der Waals surface area contributed by atoms with E-state index in [-0.39, 0.29) is 12.4 Å². The zero-order valence-corrected chi connectivity index (χ0v) is 4.76. The SMILES string of the molecule is Nc1cc[nH+]nn1.[Cl-]. The molecular weight excluding hydrogens is 128 g/mol. The van der Waals surface area contributed by atoms with Crippen molar-refractivity contribution in [2.75, 3.05) is 5.73 Å². The van der Waals surface area contributed by atoms with Crippen LogP contribution in [0.5, 0.6) is 0 Å². The van der Waals surface area contributed by atoms with Gasteiger partial charge in [-0.05, 0) is 0 Å². The molecule has 0 aliphatic heterocycles. The molecule has 3 N–H and O–H groups in total. The smallest absolute Gasteiger partial charge is 0.270 e. The molecule has 1 rings (SSSR count). The zero-order valence-electron chi connectivity index (χ0n) is 4.00. The first-order chi connectivity index (χ1) is 3.39. The van der Waals surface area contributed by atoms with Crippen molar-refractivity contribution < 1.29 is 17.5 Å². The van der Waals surface area contributed by atoms with Gasteiger partial charge in [0, 0.05) is 0 Å². The average Bonchev–Trinajstić information content (AvgIpc) is 1.69. The third-order valence-corrected chi connectivity index (χ3v) is 0.552. The minimum Gasteiger partial charge on any atom is -1.00 e. The third kappa shape index (κ3) is 1.70. The Morgan fingerprint density at radius 3 is 2.62 bits per heavy atom. The normalized spacial score (nSPS) is 7.50. The molecule has 0 amide bonds. The van der Waals surface area contributed by atoms with Gasteiger partial charge in [-0.1, -0.05) is 0 Å². The molecule has 0 aliphatic carbocycles. The fraction of sp³-hybridized carbons (Fsp3) is 0. The van der Waals surface area contributed by atoms with Crippen LogP contribution in [0.4, 0.5) is 5.82 Å². The van der Waals surface area contributed by atoms with Crippen molar-refractivity contribution in [2.45, 2.75) is 0 Å². The van der Waals surface area contributed by atoms with Crippen LogP contribution in [0, 0.1) is 0 Å². The fourth-order valence-corrected chi connectivity index (χ4v) is 0.276. The van der Waals surface area contributed by atoms with Crippen LogP contribution in [-0.4, -0.2) is 10.3 Å². The summed E-state index contributed by atoms with van der Waals surface area (Å²) in [6.07, 6.45) is 1.61. The maximum absolute atomic E-state index is 5.16. The number of H-pyrrole nitrogens is 1. The molecule has 1 aromatic rings. The van der Waals surface area contributed by atoms with Gasteiger partial charge >= 0.3 is 0 Å². The lowest BCUT2D eigenvalue weighted by atomic mass is 10.6. The Labute approximate surface area is 52.5 Å². The fourth-order valence-electron chi connectivity index (χ4n) is 0.276. The molecule has 0 radical (unpaired) electrons. The van der Waals surface area contributed by atoms with Crippen LogP contribution in [0.2, 0.25) is 0 Å². The first-order valence-electron chi connectivity index (χ1n) is 1.85. The van der Waals surface area contributed by atoms with E-state index in [9.17, 15) is 0 Å². The maximum atomic E-state index is 5.16. The summed E-state index contributed by atoms with van der Waals surface area (Å²) in [5.74, 6) is 0.429. The van der Waals surface area contributed by atoms with Crippen LogP contribution in [-0.2, 0) is 0 Å². The number of aromatic amines is 1. The van der Waals surface area contributed by atoms with Crippen LogP contribution < -0.4 is 23.2 Å². The zero-order chi connectivity index (χ0) is 5.11. The Morgan fingerprint density at radius 2 is 2.38 bits per heavy atom. The van der Waals surface area contributed by atoms with Crippen molar-refractivity contribution in [3.8, 4) is 0 Å². The quantitative estimate of drug-likeness (QED) is 0.390. The predicted molar refractivity (Wildman–Crippen MR) is 23.0 cm³/mol. The van der Waals surface area contributed by atoms with Gasteiger partial charge in [0.2, 0.25) is 0 Å². The molecule has 44 valence electrons. The molecule has 0 spiro atoms. The summed E-state index contributed by atoms with van der Waals surface area (Å²) >= 11 is 0. The van der Waals surface area contributed by atoms with Crippen LogP contribution in [0.25, 0.3) is 0 Å². The lowest BCUT2D eigenvalue weighted by molar-refractivity contribution is -0.463. The second-order valence-electron chi connectivity index (χ2n) is 1.09. The van der Waals surface area contributed by atoms with Gasteiger partial charge in [0.1, 0.15) is 11.4 Å². The summed E-state index contributed by atoms with van der Waals surface area (Å²) in [6, 6.07) is 1.63. The number of rotatable bonds is 0. The summed E-state index contributed by atoms with van der Waals surface area (Å²) in [4.78, 5) is 0. The summed E-state index contributed by atoms with van der Waals surface area (Å²) in [7, 11) is 0. The molecule has 1 heterocycles. The molecule has 0 fully saturated rings. The molecule has 0 bridgehead atoms. The van der Waals surface area contributed by atoms with E-state index in [0.29, 0.717) is 5.82 Å². The number of halogens is 1. The minimum atomic E-state index is 0. The molecule has 1 aromatic heterocycles. The Kier molecular flexibility index (Phi) is 2.79. The lowest BCUT2D eigenvalue weighted by Crippen LogP contribution is -3.00. The largest absolute Gasteiger partial charge is 1.00 e. The first-order valence-corrected chi connectivity index (χ1v) is 1.85. The highest BCUT2D eigenvalue weighted by Crippen LogP contribution is 1.81. The van der Waals surface area contributed by atoms with E-state index in [1.54, 1.807) is 12.3 Å². The van der Waals surface area contributed by atoms with Crippen LogP contribution >= 0.6 is 0 Å². The lowest BCUT2D eigenvalue weighted by Gasteiger charge is -1.70. The van der Waals surface area contributed by atoms with Gasteiger partial charge in [0.25, 0.3) is 5.82 Å². The van der Waals surface area contributed by atoms with E-state index in [4.69, 9.17) is 5.73 Å². The summed E-state index contributed by atoms with van der Waals surface area (Å²) in [5.41, 5.74) is 5.16. The number of aromatic nitrogens is 3. The Morgan fingerprint density at radius 1 is 1.62 bits per heavy atom. The van der Waals surface area contributed by atoms with E-state index in [0.717, 1.165) is 0 Å². The van der Waals surface area contributed by atoms with Crippen molar-refractivity contribution in [1.82, 2.24) is 10.3 Å². The van der Waals surface area contributed by atoms with E-state index < -0.39 is 0 Å². The molecule has 0 unspecified atom stereocenters. The van der Waals surface area contributed by atoms with Crippen LogP contribution in [0.3, 0.4) is 0 Å². The molecule has 0 aliphatic rings. The van der Waals surface area contributed by atoms with Gasteiger partial charge in [-0.25, -0.2) is 0 Å². The monoisotopic (exact) mass is 132 g/mol. The topological polar surface area (TPSA) is 65.9 Å². The second kappa shape index (κ2) is 3.15. The van der Waals surface area contributed by atoms with Gasteiger partial charge in [-0.2, -0.15) is 5.10 Å². The van der Waals surface area contributed by atoms with Crippen molar-refractivity contribution in [2.24, 2.45) is 0 Å². The number of nitrogens with zero attached hydrogens (tertiary/aromatic N) is 2. The Bertz CT molecular complexity index is 141. The number of anilines is 1. The summed E-state index contributed by atoms with van der Waals surface area (Å²) < 4.78 is 0. The van der Waals surface area contributed by atoms with Gasteiger partial charge in [0.05, 0.1) is 11.2 Å². The number of nitrogens with two attached hydrogens (primary N) is 1. The van der Waals surface area contributed by atoms with Crippen LogP contribution in [0.1, 0.15) is 0 Å². The molecule has 4 nitrogen and oxygen atoms in total. The van der Waals surface area contributed by atoms with Gasteiger partial charge in [0.15, 0.2) is 0 Å². The summed E-state index contributed by atoms with van der Waals surface area (Å²) in [6.45, 7) is 0. The van der Waals surface area contributed by atoms with Crippen molar-refractivity contribution >= 4 is 5.82 Å². The van der Waals surface area contributed by atoms with E-state index in [1.165, 1.54) is 0 Å². The molecule has 8 heavy (non-hydrogen) atoms. The molecular formula is C3H5ClN4. The van der Waals surface area contributed by atoms with Crippen LogP contribution in [0.15, 0.2) is 12.3 Å². The van der Waals surface area contributed by atoms with E-state index in [1.807, 2.05) is 0 Å². The maximum Gasteiger partial charge on any atom is 0.270 e. The standard InChI is InChI=1S/C3H4N4.ClH/c4-3-1-2-5-7-6-3;/h1-2H,(H2,4,5,6);1H. The molecule has 0 saturated carbocycles. The minimum absolute atomic E-state index is 0. The summed E-state index contributed by atoms with van der Waals surface area (Å²) in [5, 5.41) is 9.33. The second-order valence-corrected chi connectivity index (χ2v) is 1.09. The van der Waals surface area contributed by atoms with Crippen molar-refractivity contribution in [3.05, 3.63) is 12.3 Å². The van der Waals surface area contributed by atoms with Gasteiger partial charge in [-0.15, -0.1) is 0 Å². The highest BCUT2D eigenvalue weighted by atomic mass is 35.5. The Balaban J connectivity index is 0.000000490. The number of nitrogen functional groups attached to an aromatic ring is 1. The first kappa shape index (κ1) is 7.10. The molecule has 0 saturated heterocycles.